The van der Waals surface area contributed by atoms with E-state index in [2.05, 4.69) is 29.4 Å². The molecular weight excluding hydrogens is 340 g/mol. The van der Waals surface area contributed by atoms with Crippen molar-refractivity contribution in [2.45, 2.75) is 33.1 Å². The normalized spacial score (nSPS) is 15.7. The first kappa shape index (κ1) is 20.9. The lowest BCUT2D eigenvalue weighted by Crippen LogP contribution is -2.20. The Balaban J connectivity index is 2.13. The van der Waals surface area contributed by atoms with Crippen LogP contribution in [0.15, 0.2) is 46.8 Å². The lowest BCUT2D eigenvalue weighted by Gasteiger charge is -2.16. The molecule has 0 fully saturated rings. The lowest BCUT2D eigenvalue weighted by molar-refractivity contribution is 0.226. The molecule has 0 aromatic heterocycles. The van der Waals surface area contributed by atoms with E-state index in [-0.39, 0.29) is 12.3 Å². The molecule has 0 heterocycles. The second kappa shape index (κ2) is 10.6. The maximum absolute atomic E-state index is 8.80. The molecule has 0 unspecified atom stereocenters. The molecule has 0 amide bonds. The molecule has 1 aliphatic rings. The highest BCUT2D eigenvalue weighted by atomic mass is 16.5. The van der Waals surface area contributed by atoms with Crippen LogP contribution in [0, 0.1) is 12.3 Å². The van der Waals surface area contributed by atoms with Crippen LogP contribution < -0.4 is 11.1 Å². The summed E-state index contributed by atoms with van der Waals surface area (Å²) in [7, 11) is 0. The molecule has 27 heavy (non-hydrogen) atoms. The maximum atomic E-state index is 8.80. The van der Waals surface area contributed by atoms with Crippen molar-refractivity contribution in [3.63, 3.8) is 0 Å². The Bertz CT molecular complexity index is 751. The molecule has 0 atom stereocenters. The molecule has 1 aromatic carbocycles. The summed E-state index contributed by atoms with van der Waals surface area (Å²) in [6.07, 6.45) is 6.23. The summed E-state index contributed by atoms with van der Waals surface area (Å²) in [5.74, 6) is 0.514. The van der Waals surface area contributed by atoms with E-state index >= 15 is 0 Å². The minimum atomic E-state index is 0.152. The van der Waals surface area contributed by atoms with E-state index in [0.717, 1.165) is 37.1 Å². The van der Waals surface area contributed by atoms with E-state index in [9.17, 15) is 0 Å². The van der Waals surface area contributed by atoms with Crippen LogP contribution in [0.4, 0.5) is 5.69 Å². The number of aliphatic hydroxyl groups is 1. The average molecular weight is 370 g/mol. The third kappa shape index (κ3) is 6.34. The summed E-state index contributed by atoms with van der Waals surface area (Å²) < 4.78 is 5.70. The van der Waals surface area contributed by atoms with Gasteiger partial charge in [-0.15, -0.1) is 0 Å². The summed E-state index contributed by atoms with van der Waals surface area (Å²) in [5.41, 5.74) is 10.6. The number of aliphatic hydroxyl groups excluding tert-OH is 1. The summed E-state index contributed by atoms with van der Waals surface area (Å²) in [6, 6.07) is 6.16. The second-order valence-corrected chi connectivity index (χ2v) is 6.57. The van der Waals surface area contributed by atoms with E-state index in [1.165, 1.54) is 5.56 Å². The predicted octanol–water partition coefficient (Wildman–Crippen LogP) is 2.77. The summed E-state index contributed by atoms with van der Waals surface area (Å²) in [6.45, 7) is 6.30. The Morgan fingerprint density at radius 2 is 2.07 bits per heavy atom. The summed E-state index contributed by atoms with van der Waals surface area (Å²) in [4.78, 5) is 4.68. The molecular formula is C21H30N4O2. The van der Waals surface area contributed by atoms with Gasteiger partial charge in [-0.2, -0.15) is 0 Å². The molecule has 146 valence electrons. The molecule has 2 rings (SSSR count). The van der Waals surface area contributed by atoms with Gasteiger partial charge in [0.05, 0.1) is 36.0 Å². The van der Waals surface area contributed by atoms with Gasteiger partial charge in [0, 0.05) is 12.6 Å². The first-order valence-electron chi connectivity index (χ1n) is 9.46. The second-order valence-electron chi connectivity index (χ2n) is 6.57. The Kier molecular flexibility index (Phi) is 8.23. The molecule has 5 N–H and O–H groups in total. The highest BCUT2D eigenvalue weighted by molar-refractivity contribution is 6.22. The molecule has 0 radical (unpaired) electrons. The number of nitrogens with zero attached hydrogens (tertiary/aromatic N) is 1. The molecule has 1 aliphatic carbocycles. The number of ether oxygens (including phenoxy) is 1. The van der Waals surface area contributed by atoms with E-state index in [4.69, 9.17) is 21.0 Å². The predicted molar refractivity (Wildman–Crippen MR) is 111 cm³/mol. The number of aliphatic imine (C=N–C) groups is 1. The highest BCUT2D eigenvalue weighted by Crippen LogP contribution is 2.23. The zero-order valence-corrected chi connectivity index (χ0v) is 16.2. The van der Waals surface area contributed by atoms with Crippen molar-refractivity contribution in [3.05, 3.63) is 52.9 Å². The first-order chi connectivity index (χ1) is 13.0. The molecule has 0 bridgehead atoms. The standard InChI is InChI=1S/C21H30N4O2/c1-3-4-11-27-21-14-20(17(22)13-18(21)23)25-19-6-5-16(12-15(19)2)7-8-24-9-10-26/h5-6,12-14,23-24,26H,3-4,7-11,22H2,1-2H3. The van der Waals surface area contributed by atoms with Crippen molar-refractivity contribution in [1.29, 1.82) is 5.41 Å². The van der Waals surface area contributed by atoms with Gasteiger partial charge in [-0.1, -0.05) is 25.5 Å². The van der Waals surface area contributed by atoms with Gasteiger partial charge < -0.3 is 20.9 Å². The van der Waals surface area contributed by atoms with Crippen LogP contribution in [0.2, 0.25) is 0 Å². The zero-order valence-electron chi connectivity index (χ0n) is 16.2. The third-order valence-corrected chi connectivity index (χ3v) is 4.27. The fraction of sp³-hybridized carbons (Fsp3) is 0.429. The van der Waals surface area contributed by atoms with Gasteiger partial charge in [-0.25, -0.2) is 4.99 Å². The highest BCUT2D eigenvalue weighted by Gasteiger charge is 2.16. The van der Waals surface area contributed by atoms with Gasteiger partial charge in [0.1, 0.15) is 5.76 Å². The molecule has 6 heteroatoms. The van der Waals surface area contributed by atoms with Crippen LogP contribution >= 0.6 is 0 Å². The summed E-state index contributed by atoms with van der Waals surface area (Å²) >= 11 is 0. The van der Waals surface area contributed by atoms with Crippen LogP contribution in [0.25, 0.3) is 0 Å². The van der Waals surface area contributed by atoms with Crippen molar-refractivity contribution in [1.82, 2.24) is 5.32 Å². The Labute approximate surface area is 161 Å². The molecule has 0 aliphatic heterocycles. The van der Waals surface area contributed by atoms with Gasteiger partial charge in [0.25, 0.3) is 0 Å². The van der Waals surface area contributed by atoms with Gasteiger partial charge in [-0.3, -0.25) is 5.41 Å². The fourth-order valence-electron chi connectivity index (χ4n) is 2.69. The Morgan fingerprint density at radius 1 is 1.26 bits per heavy atom. The van der Waals surface area contributed by atoms with E-state index in [0.29, 0.717) is 30.3 Å². The van der Waals surface area contributed by atoms with Crippen LogP contribution in [-0.4, -0.2) is 42.8 Å². The topological polar surface area (TPSA) is 104 Å². The third-order valence-electron chi connectivity index (χ3n) is 4.27. The van der Waals surface area contributed by atoms with Crippen LogP contribution in [0.5, 0.6) is 0 Å². The zero-order chi connectivity index (χ0) is 19.6. The van der Waals surface area contributed by atoms with Crippen LogP contribution in [0.1, 0.15) is 30.9 Å². The molecule has 6 nitrogen and oxygen atoms in total. The van der Waals surface area contributed by atoms with E-state index in [1.54, 1.807) is 12.2 Å². The van der Waals surface area contributed by atoms with E-state index < -0.39 is 0 Å². The average Bonchev–Trinajstić information content (AvgIpc) is 2.64. The van der Waals surface area contributed by atoms with Crippen molar-refractivity contribution in [2.75, 3.05) is 26.3 Å². The van der Waals surface area contributed by atoms with Gasteiger partial charge >= 0.3 is 0 Å². The number of benzene rings is 1. The van der Waals surface area contributed by atoms with Crippen molar-refractivity contribution in [3.8, 4) is 0 Å². The van der Waals surface area contributed by atoms with Gasteiger partial charge in [-0.05, 0) is 49.6 Å². The molecule has 0 spiro atoms. The maximum Gasteiger partial charge on any atom is 0.146 e. The first-order valence-corrected chi connectivity index (χ1v) is 9.46. The number of hydrogen-bond acceptors (Lipinski definition) is 6. The number of nitrogens with two attached hydrogens (primary N) is 1. The number of unbranched alkanes of at least 4 members (excludes halogenated alkanes) is 1. The quantitative estimate of drug-likeness (QED) is 0.375. The summed E-state index contributed by atoms with van der Waals surface area (Å²) in [5, 5.41) is 20.0. The smallest absolute Gasteiger partial charge is 0.146 e. The van der Waals surface area contributed by atoms with Gasteiger partial charge in [0.2, 0.25) is 0 Å². The van der Waals surface area contributed by atoms with Crippen molar-refractivity contribution in [2.24, 2.45) is 10.7 Å². The number of hydrogen-bond donors (Lipinski definition) is 4. The number of rotatable bonds is 10. The van der Waals surface area contributed by atoms with E-state index in [1.807, 2.05) is 13.0 Å². The van der Waals surface area contributed by atoms with Crippen molar-refractivity contribution >= 4 is 17.1 Å². The van der Waals surface area contributed by atoms with Crippen LogP contribution in [-0.2, 0) is 11.2 Å². The molecule has 0 saturated carbocycles. The number of nitrogens with one attached hydrogen (secondary N) is 2. The molecule has 0 saturated heterocycles. The fourth-order valence-corrected chi connectivity index (χ4v) is 2.69. The number of aryl methyl sites for hydroxylation is 1. The minimum absolute atomic E-state index is 0.152. The van der Waals surface area contributed by atoms with Gasteiger partial charge in [0.15, 0.2) is 0 Å². The number of allylic oxidation sites excluding steroid dienone is 2. The largest absolute Gasteiger partial charge is 0.491 e. The SMILES string of the molecule is CCCCOC1=CC(=Nc2ccc(CCNCCO)cc2C)C(N)=CC1=N. The lowest BCUT2D eigenvalue weighted by atomic mass is 10.1. The Hall–Kier alpha value is -2.44. The minimum Gasteiger partial charge on any atom is -0.491 e. The monoisotopic (exact) mass is 370 g/mol. The van der Waals surface area contributed by atoms with Crippen LogP contribution in [0.3, 0.4) is 0 Å². The van der Waals surface area contributed by atoms with Crippen molar-refractivity contribution < 1.29 is 9.84 Å². The Morgan fingerprint density at radius 3 is 2.78 bits per heavy atom. The molecule has 1 aromatic rings.